The van der Waals surface area contributed by atoms with E-state index in [2.05, 4.69) is 97.7 Å². The van der Waals surface area contributed by atoms with Gasteiger partial charge in [-0.15, -0.1) is 0 Å². The van der Waals surface area contributed by atoms with Gasteiger partial charge >= 0.3 is 0 Å². The molecular formula is C36H43ClN2. The lowest BCUT2D eigenvalue weighted by atomic mass is 9.87. The molecule has 0 saturated heterocycles. The first kappa shape index (κ1) is 28.9. The first-order valence-electron chi connectivity index (χ1n) is 14.4. The van der Waals surface area contributed by atoms with Crippen molar-refractivity contribution in [2.45, 2.75) is 51.9 Å². The summed E-state index contributed by atoms with van der Waals surface area (Å²) in [5.41, 5.74) is 11.7. The number of halogens is 1. The van der Waals surface area contributed by atoms with E-state index in [4.69, 9.17) is 11.6 Å². The van der Waals surface area contributed by atoms with Gasteiger partial charge in [0.15, 0.2) is 0 Å². The molecule has 3 aromatic rings. The smallest absolute Gasteiger partial charge is 0.0484 e. The minimum Gasteiger partial charge on any atom is -0.378 e. The molecule has 0 aliphatic heterocycles. The van der Waals surface area contributed by atoms with Crippen molar-refractivity contribution in [3.63, 3.8) is 0 Å². The van der Waals surface area contributed by atoms with E-state index in [1.54, 1.807) is 0 Å². The second-order valence-corrected chi connectivity index (χ2v) is 11.1. The number of allylic oxidation sites excluding steroid dienone is 2. The summed E-state index contributed by atoms with van der Waals surface area (Å²) in [6.45, 7) is 8.10. The molecule has 4 rings (SSSR count). The number of fused-ring (bicyclic) bond motifs is 1. The molecule has 1 aliphatic carbocycles. The fraction of sp³-hybridized carbons (Fsp3) is 0.333. The molecule has 2 nitrogen and oxygen atoms in total. The van der Waals surface area contributed by atoms with Gasteiger partial charge in [-0.2, -0.15) is 0 Å². The van der Waals surface area contributed by atoms with Crippen LogP contribution in [0.15, 0.2) is 91.2 Å². The molecule has 0 amide bonds. The molecule has 204 valence electrons. The van der Waals surface area contributed by atoms with Crippen LogP contribution >= 0.6 is 11.6 Å². The van der Waals surface area contributed by atoms with Gasteiger partial charge in [-0.05, 0) is 102 Å². The van der Waals surface area contributed by atoms with E-state index in [9.17, 15) is 0 Å². The zero-order valence-corrected chi connectivity index (χ0v) is 24.7. The van der Waals surface area contributed by atoms with Crippen molar-refractivity contribution >= 4 is 22.7 Å². The van der Waals surface area contributed by atoms with E-state index in [1.807, 2.05) is 19.0 Å². The molecule has 1 aliphatic rings. The molecular weight excluding hydrogens is 496 g/mol. The van der Waals surface area contributed by atoms with Crippen molar-refractivity contribution in [1.82, 2.24) is 10.2 Å². The zero-order chi connectivity index (χ0) is 27.6. The maximum atomic E-state index is 6.94. The first-order chi connectivity index (χ1) is 19.0. The van der Waals surface area contributed by atoms with E-state index in [-0.39, 0.29) is 0 Å². The number of hydrogen-bond acceptors (Lipinski definition) is 2. The number of benzene rings is 3. The highest BCUT2D eigenvalue weighted by Crippen LogP contribution is 2.42. The molecule has 0 radical (unpaired) electrons. The van der Waals surface area contributed by atoms with Crippen LogP contribution in [0.5, 0.6) is 0 Å². The van der Waals surface area contributed by atoms with Crippen molar-refractivity contribution in [2.24, 2.45) is 0 Å². The van der Waals surface area contributed by atoms with Crippen LogP contribution in [0.4, 0.5) is 0 Å². The lowest BCUT2D eigenvalue weighted by Gasteiger charge is -2.18. The average molecular weight is 539 g/mol. The average Bonchev–Trinajstić information content (AvgIpc) is 3.12. The maximum Gasteiger partial charge on any atom is 0.0484 e. The molecule has 0 bridgehead atoms. The van der Waals surface area contributed by atoms with E-state index in [0.29, 0.717) is 0 Å². The monoisotopic (exact) mass is 538 g/mol. The summed E-state index contributed by atoms with van der Waals surface area (Å²) in [5.74, 6) is 0. The normalized spacial score (nSPS) is 13.4. The van der Waals surface area contributed by atoms with Crippen molar-refractivity contribution in [3.05, 3.63) is 130 Å². The highest BCUT2D eigenvalue weighted by Gasteiger charge is 2.21. The van der Waals surface area contributed by atoms with Gasteiger partial charge in [0.2, 0.25) is 0 Å². The molecule has 0 unspecified atom stereocenters. The molecule has 0 heterocycles. The standard InChI is InChI=1S/C36H43ClN2/c1-5-11-29-20-23-33(35(37)26-29)34-17-8-15-30-14-6-7-16-32(30)36(34)31-21-18-28(19-22-31)13-10-25-38-24-9-12-27(2)39(3)4/h6-7,9,12,14,16,18-23,26,38H,2,5,8,10-11,13,15,17,24-25H2,1,3-4H3/b12-9+. The summed E-state index contributed by atoms with van der Waals surface area (Å²) in [6, 6.07) is 24.8. The summed E-state index contributed by atoms with van der Waals surface area (Å²) >= 11 is 6.94. The molecule has 1 N–H and O–H groups in total. The quantitative estimate of drug-likeness (QED) is 0.183. The van der Waals surface area contributed by atoms with Crippen molar-refractivity contribution < 1.29 is 0 Å². The van der Waals surface area contributed by atoms with Crippen LogP contribution in [0.2, 0.25) is 5.02 Å². The Morgan fingerprint density at radius 3 is 2.46 bits per heavy atom. The third kappa shape index (κ3) is 7.75. The maximum absolute atomic E-state index is 6.94. The molecule has 0 atom stereocenters. The van der Waals surface area contributed by atoms with Gasteiger partial charge in [0.1, 0.15) is 0 Å². The lowest BCUT2D eigenvalue weighted by molar-refractivity contribution is 0.532. The van der Waals surface area contributed by atoms with E-state index in [1.165, 1.54) is 44.5 Å². The van der Waals surface area contributed by atoms with Crippen LogP contribution in [0.1, 0.15) is 66.0 Å². The Bertz CT molecular complexity index is 1310. The molecule has 0 aromatic heterocycles. The summed E-state index contributed by atoms with van der Waals surface area (Å²) in [7, 11) is 4.02. The van der Waals surface area contributed by atoms with Gasteiger partial charge in [0.05, 0.1) is 0 Å². The fourth-order valence-electron chi connectivity index (χ4n) is 5.36. The Balaban J connectivity index is 1.53. The highest BCUT2D eigenvalue weighted by atomic mass is 35.5. The second kappa shape index (κ2) is 14.4. The van der Waals surface area contributed by atoms with Crippen LogP contribution in [-0.2, 0) is 19.3 Å². The number of aryl methyl sites for hydroxylation is 3. The van der Waals surface area contributed by atoms with Crippen LogP contribution in [0, 0.1) is 0 Å². The van der Waals surface area contributed by atoms with Crippen molar-refractivity contribution in [3.8, 4) is 0 Å². The Kier molecular flexibility index (Phi) is 10.6. The van der Waals surface area contributed by atoms with Gasteiger partial charge in [0, 0.05) is 31.4 Å². The van der Waals surface area contributed by atoms with Crippen LogP contribution in [-0.4, -0.2) is 32.1 Å². The third-order valence-corrected chi connectivity index (χ3v) is 7.88. The molecule has 0 saturated carbocycles. The number of nitrogens with one attached hydrogen (secondary N) is 1. The van der Waals surface area contributed by atoms with Gasteiger partial charge in [-0.25, -0.2) is 0 Å². The summed E-state index contributed by atoms with van der Waals surface area (Å²) in [5, 5.41) is 4.38. The summed E-state index contributed by atoms with van der Waals surface area (Å²) in [4.78, 5) is 2.02. The van der Waals surface area contributed by atoms with E-state index in [0.717, 1.165) is 68.8 Å². The van der Waals surface area contributed by atoms with Gasteiger partial charge in [0.25, 0.3) is 0 Å². The van der Waals surface area contributed by atoms with Gasteiger partial charge < -0.3 is 10.2 Å². The number of likely N-dealkylation sites (N-methyl/N-ethyl adjacent to an activating group) is 1. The van der Waals surface area contributed by atoms with E-state index >= 15 is 0 Å². The molecule has 3 aromatic carbocycles. The van der Waals surface area contributed by atoms with Crippen molar-refractivity contribution in [1.29, 1.82) is 0 Å². The lowest BCUT2D eigenvalue weighted by Crippen LogP contribution is -2.16. The van der Waals surface area contributed by atoms with Crippen LogP contribution in [0.3, 0.4) is 0 Å². The third-order valence-electron chi connectivity index (χ3n) is 7.57. The molecule has 3 heteroatoms. The molecule has 0 spiro atoms. The Hall–Kier alpha value is -3.07. The summed E-state index contributed by atoms with van der Waals surface area (Å²) < 4.78 is 0. The second-order valence-electron chi connectivity index (χ2n) is 10.7. The van der Waals surface area contributed by atoms with E-state index < -0.39 is 0 Å². The zero-order valence-electron chi connectivity index (χ0n) is 23.9. The van der Waals surface area contributed by atoms with Crippen LogP contribution in [0.25, 0.3) is 11.1 Å². The minimum absolute atomic E-state index is 0.865. The summed E-state index contributed by atoms with van der Waals surface area (Å²) in [6.07, 6.45) is 11.8. The molecule has 0 fully saturated rings. The Morgan fingerprint density at radius 2 is 1.72 bits per heavy atom. The number of rotatable bonds is 12. The molecule has 39 heavy (non-hydrogen) atoms. The SMILES string of the molecule is C=C(/C=C/CNCCCc1ccc(C2=C(c3ccc(CCC)cc3Cl)CCCc3ccccc32)cc1)N(C)C. The fourth-order valence-corrected chi connectivity index (χ4v) is 5.67. The minimum atomic E-state index is 0.865. The Morgan fingerprint density at radius 1 is 0.949 bits per heavy atom. The van der Waals surface area contributed by atoms with Gasteiger partial charge in [-0.3, -0.25) is 0 Å². The Labute approximate surface area is 241 Å². The predicted molar refractivity (Wildman–Crippen MR) is 170 cm³/mol. The van der Waals surface area contributed by atoms with Crippen molar-refractivity contribution in [2.75, 3.05) is 27.2 Å². The van der Waals surface area contributed by atoms with Crippen LogP contribution < -0.4 is 5.32 Å². The number of nitrogens with zero attached hydrogens (tertiary/aromatic N) is 1. The topological polar surface area (TPSA) is 15.3 Å². The number of hydrogen-bond donors (Lipinski definition) is 1. The largest absolute Gasteiger partial charge is 0.378 e. The predicted octanol–water partition coefficient (Wildman–Crippen LogP) is 8.74. The first-order valence-corrected chi connectivity index (χ1v) is 14.8. The highest BCUT2D eigenvalue weighted by molar-refractivity contribution is 6.32. The van der Waals surface area contributed by atoms with Gasteiger partial charge in [-0.1, -0.05) is 98.3 Å².